The van der Waals surface area contributed by atoms with Gasteiger partial charge in [-0.1, -0.05) is 13.8 Å². The van der Waals surface area contributed by atoms with Crippen molar-refractivity contribution in [3.63, 3.8) is 0 Å². The number of nitrogens with one attached hydrogen (secondary N) is 2. The Balaban J connectivity index is 3.49. The molecule has 0 aromatic heterocycles. The van der Waals surface area contributed by atoms with Crippen LogP contribution in [-0.2, 0) is 0 Å². The highest BCUT2D eigenvalue weighted by Crippen LogP contribution is 2.05. The number of amides is 2. The average molecular weight is 186 g/mol. The molecule has 0 saturated heterocycles. The van der Waals surface area contributed by atoms with Crippen molar-refractivity contribution in [1.29, 1.82) is 0 Å². The van der Waals surface area contributed by atoms with Gasteiger partial charge in [0.05, 0.1) is 0 Å². The Labute approximate surface area is 81.3 Å². The molecule has 0 bridgehead atoms. The first-order valence-corrected chi connectivity index (χ1v) is 5.10. The summed E-state index contributed by atoms with van der Waals surface area (Å²) in [7, 11) is 0. The minimum atomic E-state index is -0.0567. The van der Waals surface area contributed by atoms with Crippen LogP contribution in [0.1, 0.15) is 40.5 Å². The SMILES string of the molecule is CCNC(=O)NC(C)CCC(C)C. The first-order chi connectivity index (χ1) is 6.06. The van der Waals surface area contributed by atoms with Gasteiger partial charge in [-0.05, 0) is 32.6 Å². The predicted molar refractivity (Wildman–Crippen MR) is 55.7 cm³/mol. The lowest BCUT2D eigenvalue weighted by Crippen LogP contribution is -2.40. The van der Waals surface area contributed by atoms with Crippen molar-refractivity contribution < 1.29 is 4.79 Å². The Bertz CT molecular complexity index is 146. The van der Waals surface area contributed by atoms with Gasteiger partial charge < -0.3 is 10.6 Å². The van der Waals surface area contributed by atoms with Crippen LogP contribution in [0.4, 0.5) is 4.79 Å². The van der Waals surface area contributed by atoms with Crippen LogP contribution in [-0.4, -0.2) is 18.6 Å². The van der Waals surface area contributed by atoms with Crippen molar-refractivity contribution in [1.82, 2.24) is 10.6 Å². The fourth-order valence-electron chi connectivity index (χ4n) is 1.09. The first-order valence-electron chi connectivity index (χ1n) is 5.10. The zero-order valence-electron chi connectivity index (χ0n) is 9.18. The molecular formula is C10H22N2O. The van der Waals surface area contributed by atoms with Gasteiger partial charge in [0.1, 0.15) is 0 Å². The molecule has 0 fully saturated rings. The summed E-state index contributed by atoms with van der Waals surface area (Å²) in [6.07, 6.45) is 2.21. The molecule has 2 N–H and O–H groups in total. The zero-order chi connectivity index (χ0) is 10.3. The molecule has 0 rings (SSSR count). The highest BCUT2D eigenvalue weighted by Gasteiger charge is 2.06. The second kappa shape index (κ2) is 6.75. The molecule has 0 spiro atoms. The number of urea groups is 1. The predicted octanol–water partition coefficient (Wildman–Crippen LogP) is 2.13. The summed E-state index contributed by atoms with van der Waals surface area (Å²) in [5.74, 6) is 0.707. The van der Waals surface area contributed by atoms with Crippen molar-refractivity contribution in [2.75, 3.05) is 6.54 Å². The van der Waals surface area contributed by atoms with Crippen LogP contribution >= 0.6 is 0 Å². The van der Waals surface area contributed by atoms with Crippen LogP contribution in [0.5, 0.6) is 0 Å². The molecule has 0 aliphatic carbocycles. The molecular weight excluding hydrogens is 164 g/mol. The molecule has 1 unspecified atom stereocenters. The van der Waals surface area contributed by atoms with Gasteiger partial charge in [0.25, 0.3) is 0 Å². The maximum absolute atomic E-state index is 11.1. The Hall–Kier alpha value is -0.730. The Morgan fingerprint density at radius 1 is 1.23 bits per heavy atom. The molecule has 2 amide bonds. The number of rotatable bonds is 5. The lowest BCUT2D eigenvalue weighted by molar-refractivity contribution is 0.237. The molecule has 0 aliphatic heterocycles. The van der Waals surface area contributed by atoms with E-state index in [1.54, 1.807) is 0 Å². The molecule has 0 heterocycles. The number of carbonyl (C=O) groups is 1. The normalized spacial score (nSPS) is 12.7. The van der Waals surface area contributed by atoms with E-state index in [0.29, 0.717) is 12.5 Å². The van der Waals surface area contributed by atoms with Crippen LogP contribution < -0.4 is 10.6 Å². The minimum absolute atomic E-state index is 0.0567. The van der Waals surface area contributed by atoms with E-state index in [1.165, 1.54) is 0 Å². The van der Waals surface area contributed by atoms with Gasteiger partial charge in [-0.3, -0.25) is 0 Å². The van der Waals surface area contributed by atoms with Crippen LogP contribution in [0, 0.1) is 5.92 Å². The number of hydrogen-bond donors (Lipinski definition) is 2. The first kappa shape index (κ1) is 12.3. The van der Waals surface area contributed by atoms with Crippen molar-refractivity contribution >= 4 is 6.03 Å². The lowest BCUT2D eigenvalue weighted by atomic mass is 10.0. The zero-order valence-corrected chi connectivity index (χ0v) is 9.18. The third kappa shape index (κ3) is 7.62. The van der Waals surface area contributed by atoms with Gasteiger partial charge >= 0.3 is 6.03 Å². The maximum Gasteiger partial charge on any atom is 0.314 e. The average Bonchev–Trinajstić information content (AvgIpc) is 2.01. The minimum Gasteiger partial charge on any atom is -0.338 e. The summed E-state index contributed by atoms with van der Waals surface area (Å²) >= 11 is 0. The van der Waals surface area contributed by atoms with E-state index >= 15 is 0 Å². The van der Waals surface area contributed by atoms with Crippen LogP contribution in [0.25, 0.3) is 0 Å². The van der Waals surface area contributed by atoms with E-state index in [1.807, 2.05) is 13.8 Å². The van der Waals surface area contributed by atoms with Crippen molar-refractivity contribution in [2.24, 2.45) is 5.92 Å². The Morgan fingerprint density at radius 2 is 1.85 bits per heavy atom. The third-order valence-corrected chi connectivity index (χ3v) is 1.89. The number of hydrogen-bond acceptors (Lipinski definition) is 1. The fraction of sp³-hybridized carbons (Fsp3) is 0.900. The van der Waals surface area contributed by atoms with Gasteiger partial charge in [-0.25, -0.2) is 4.79 Å². The maximum atomic E-state index is 11.1. The van der Waals surface area contributed by atoms with Crippen LogP contribution in [0.3, 0.4) is 0 Å². The summed E-state index contributed by atoms with van der Waals surface area (Å²) in [5.41, 5.74) is 0. The number of carbonyl (C=O) groups excluding carboxylic acids is 1. The van der Waals surface area contributed by atoms with Crippen LogP contribution in [0.15, 0.2) is 0 Å². The summed E-state index contributed by atoms with van der Waals surface area (Å²) in [6.45, 7) is 9.02. The van der Waals surface area contributed by atoms with Gasteiger partial charge in [0, 0.05) is 12.6 Å². The standard InChI is InChI=1S/C10H22N2O/c1-5-11-10(13)12-9(4)7-6-8(2)3/h8-9H,5-7H2,1-4H3,(H2,11,12,13). The molecule has 13 heavy (non-hydrogen) atoms. The van der Waals surface area contributed by atoms with E-state index in [9.17, 15) is 4.79 Å². The van der Waals surface area contributed by atoms with E-state index < -0.39 is 0 Å². The van der Waals surface area contributed by atoms with E-state index in [2.05, 4.69) is 24.5 Å². The Morgan fingerprint density at radius 3 is 2.31 bits per heavy atom. The molecule has 1 atom stereocenters. The van der Waals surface area contributed by atoms with Crippen LogP contribution in [0.2, 0.25) is 0 Å². The highest BCUT2D eigenvalue weighted by molar-refractivity contribution is 5.73. The summed E-state index contributed by atoms with van der Waals surface area (Å²) in [4.78, 5) is 11.1. The monoisotopic (exact) mass is 186 g/mol. The topological polar surface area (TPSA) is 41.1 Å². The summed E-state index contributed by atoms with van der Waals surface area (Å²) in [5, 5.41) is 5.60. The fourth-order valence-corrected chi connectivity index (χ4v) is 1.09. The van der Waals surface area contributed by atoms with E-state index in [4.69, 9.17) is 0 Å². The summed E-state index contributed by atoms with van der Waals surface area (Å²) in [6, 6.07) is 0.215. The third-order valence-electron chi connectivity index (χ3n) is 1.89. The largest absolute Gasteiger partial charge is 0.338 e. The van der Waals surface area contributed by atoms with Gasteiger partial charge in [0.2, 0.25) is 0 Å². The molecule has 3 nitrogen and oxygen atoms in total. The smallest absolute Gasteiger partial charge is 0.314 e. The summed E-state index contributed by atoms with van der Waals surface area (Å²) < 4.78 is 0. The molecule has 0 aliphatic rings. The van der Waals surface area contributed by atoms with E-state index in [-0.39, 0.29) is 12.1 Å². The quantitative estimate of drug-likeness (QED) is 0.678. The Kier molecular flexibility index (Phi) is 6.37. The second-order valence-electron chi connectivity index (χ2n) is 3.88. The molecule has 78 valence electrons. The van der Waals surface area contributed by atoms with Crippen molar-refractivity contribution in [2.45, 2.75) is 46.6 Å². The lowest BCUT2D eigenvalue weighted by Gasteiger charge is -2.14. The molecule has 3 heteroatoms. The van der Waals surface area contributed by atoms with Gasteiger partial charge in [0.15, 0.2) is 0 Å². The van der Waals surface area contributed by atoms with Gasteiger partial charge in [-0.15, -0.1) is 0 Å². The van der Waals surface area contributed by atoms with Crippen molar-refractivity contribution in [3.05, 3.63) is 0 Å². The van der Waals surface area contributed by atoms with E-state index in [0.717, 1.165) is 12.8 Å². The molecule has 0 aromatic rings. The van der Waals surface area contributed by atoms with Crippen molar-refractivity contribution in [3.8, 4) is 0 Å². The highest BCUT2D eigenvalue weighted by atomic mass is 16.2. The molecule has 0 saturated carbocycles. The molecule has 0 radical (unpaired) electrons. The molecule has 0 aromatic carbocycles. The van der Waals surface area contributed by atoms with Gasteiger partial charge in [-0.2, -0.15) is 0 Å². The second-order valence-corrected chi connectivity index (χ2v) is 3.88.